The molecular formula is C15H18N4. The topological polar surface area (TPSA) is 55.0 Å². The molecule has 2 N–H and O–H groups in total. The van der Waals surface area contributed by atoms with Crippen molar-refractivity contribution in [2.24, 2.45) is 0 Å². The van der Waals surface area contributed by atoms with Gasteiger partial charge in [0.25, 0.3) is 0 Å². The lowest BCUT2D eigenvalue weighted by Gasteiger charge is -2.22. The van der Waals surface area contributed by atoms with Gasteiger partial charge in [0.15, 0.2) is 0 Å². The molecule has 0 bridgehead atoms. The number of aromatic nitrogens is 2. The van der Waals surface area contributed by atoms with Crippen molar-refractivity contribution in [2.75, 3.05) is 10.6 Å². The standard InChI is InChI=1S/C15H18N4/c1-11-8-9-17-15(18-11)19(14-6-7-14)10-12-2-4-13(16)5-3-12/h2-5,8-9,14H,6-7,10,16H2,1H3. The van der Waals surface area contributed by atoms with Crippen LogP contribution in [-0.4, -0.2) is 16.0 Å². The SMILES string of the molecule is Cc1ccnc(N(Cc2ccc(N)cc2)C2CC2)n1. The molecule has 1 aromatic carbocycles. The summed E-state index contributed by atoms with van der Waals surface area (Å²) in [5.41, 5.74) is 8.77. The summed E-state index contributed by atoms with van der Waals surface area (Å²) in [6.07, 6.45) is 4.29. The Kier molecular flexibility index (Phi) is 3.07. The maximum Gasteiger partial charge on any atom is 0.226 e. The third-order valence-electron chi connectivity index (χ3n) is 3.36. The number of anilines is 2. The van der Waals surface area contributed by atoms with E-state index in [1.807, 2.05) is 31.3 Å². The number of nitrogen functional groups attached to an aromatic ring is 1. The van der Waals surface area contributed by atoms with Crippen LogP contribution in [-0.2, 0) is 6.54 Å². The van der Waals surface area contributed by atoms with Gasteiger partial charge in [-0.15, -0.1) is 0 Å². The fourth-order valence-electron chi connectivity index (χ4n) is 2.14. The highest BCUT2D eigenvalue weighted by Crippen LogP contribution is 2.31. The second-order valence-corrected chi connectivity index (χ2v) is 5.10. The van der Waals surface area contributed by atoms with Gasteiger partial charge >= 0.3 is 0 Å². The molecule has 0 spiro atoms. The Morgan fingerprint density at radius 2 is 1.95 bits per heavy atom. The Balaban J connectivity index is 1.83. The zero-order valence-corrected chi connectivity index (χ0v) is 11.1. The number of hydrogen-bond acceptors (Lipinski definition) is 4. The van der Waals surface area contributed by atoms with Crippen LogP contribution in [0.15, 0.2) is 36.5 Å². The second-order valence-electron chi connectivity index (χ2n) is 5.10. The molecule has 1 heterocycles. The van der Waals surface area contributed by atoms with Crippen LogP contribution in [0.25, 0.3) is 0 Å². The Hall–Kier alpha value is -2.10. The highest BCUT2D eigenvalue weighted by atomic mass is 15.3. The lowest BCUT2D eigenvalue weighted by Crippen LogP contribution is -2.27. The van der Waals surface area contributed by atoms with E-state index >= 15 is 0 Å². The van der Waals surface area contributed by atoms with Crippen molar-refractivity contribution < 1.29 is 0 Å². The molecule has 4 nitrogen and oxygen atoms in total. The van der Waals surface area contributed by atoms with Gasteiger partial charge in [-0.3, -0.25) is 0 Å². The van der Waals surface area contributed by atoms with Crippen LogP contribution in [0.5, 0.6) is 0 Å². The highest BCUT2D eigenvalue weighted by molar-refractivity contribution is 5.42. The fourth-order valence-corrected chi connectivity index (χ4v) is 2.14. The molecule has 1 fully saturated rings. The predicted octanol–water partition coefficient (Wildman–Crippen LogP) is 2.54. The van der Waals surface area contributed by atoms with Gasteiger partial charge in [-0.2, -0.15) is 0 Å². The van der Waals surface area contributed by atoms with Crippen LogP contribution in [0.3, 0.4) is 0 Å². The van der Waals surface area contributed by atoms with Crippen LogP contribution < -0.4 is 10.6 Å². The minimum Gasteiger partial charge on any atom is -0.399 e. The van der Waals surface area contributed by atoms with E-state index in [1.54, 1.807) is 0 Å². The summed E-state index contributed by atoms with van der Waals surface area (Å²) in [5.74, 6) is 0.833. The van der Waals surface area contributed by atoms with Crippen LogP contribution in [0.4, 0.5) is 11.6 Å². The van der Waals surface area contributed by atoms with Crippen LogP contribution >= 0.6 is 0 Å². The first-order valence-corrected chi connectivity index (χ1v) is 6.63. The summed E-state index contributed by atoms with van der Waals surface area (Å²) in [6.45, 7) is 2.84. The van der Waals surface area contributed by atoms with Gasteiger partial charge in [-0.1, -0.05) is 12.1 Å². The van der Waals surface area contributed by atoms with Gasteiger partial charge in [0.2, 0.25) is 5.95 Å². The molecule has 1 aliphatic carbocycles. The summed E-state index contributed by atoms with van der Waals surface area (Å²) >= 11 is 0. The number of benzene rings is 1. The van der Waals surface area contributed by atoms with Gasteiger partial charge in [0.1, 0.15) is 0 Å². The van der Waals surface area contributed by atoms with Gasteiger partial charge < -0.3 is 10.6 Å². The Morgan fingerprint density at radius 1 is 1.21 bits per heavy atom. The molecule has 2 aromatic rings. The Labute approximate surface area is 113 Å². The molecule has 0 unspecified atom stereocenters. The quantitative estimate of drug-likeness (QED) is 0.852. The summed E-state index contributed by atoms with van der Waals surface area (Å²) in [7, 11) is 0. The molecule has 0 atom stereocenters. The molecule has 4 heteroatoms. The average molecular weight is 254 g/mol. The predicted molar refractivity (Wildman–Crippen MR) is 76.8 cm³/mol. The van der Waals surface area contributed by atoms with E-state index in [2.05, 4.69) is 27.0 Å². The minimum atomic E-state index is 0.583. The number of rotatable bonds is 4. The molecule has 0 amide bonds. The van der Waals surface area contributed by atoms with E-state index in [0.717, 1.165) is 23.9 Å². The van der Waals surface area contributed by atoms with Gasteiger partial charge in [0, 0.05) is 30.2 Å². The molecule has 0 saturated heterocycles. The van der Waals surface area contributed by atoms with Crippen LogP contribution in [0.1, 0.15) is 24.1 Å². The number of aryl methyl sites for hydroxylation is 1. The maximum absolute atomic E-state index is 5.72. The molecule has 1 saturated carbocycles. The number of nitrogens with zero attached hydrogens (tertiary/aromatic N) is 3. The molecule has 0 radical (unpaired) electrons. The van der Waals surface area contributed by atoms with Gasteiger partial charge in [-0.25, -0.2) is 9.97 Å². The minimum absolute atomic E-state index is 0.583. The Morgan fingerprint density at radius 3 is 2.58 bits per heavy atom. The molecule has 98 valence electrons. The van der Waals surface area contributed by atoms with Crippen molar-refractivity contribution >= 4 is 11.6 Å². The van der Waals surface area contributed by atoms with E-state index in [0.29, 0.717) is 6.04 Å². The largest absolute Gasteiger partial charge is 0.399 e. The van der Waals surface area contributed by atoms with Crippen molar-refractivity contribution in [3.8, 4) is 0 Å². The molecule has 3 rings (SSSR count). The smallest absolute Gasteiger partial charge is 0.226 e. The lowest BCUT2D eigenvalue weighted by atomic mass is 10.2. The maximum atomic E-state index is 5.72. The van der Waals surface area contributed by atoms with Crippen molar-refractivity contribution in [2.45, 2.75) is 32.4 Å². The van der Waals surface area contributed by atoms with Crippen molar-refractivity contribution in [3.63, 3.8) is 0 Å². The number of hydrogen-bond donors (Lipinski definition) is 1. The Bertz CT molecular complexity index is 561. The summed E-state index contributed by atoms with van der Waals surface area (Å²) < 4.78 is 0. The molecule has 1 aliphatic rings. The third kappa shape index (κ3) is 2.84. The van der Waals surface area contributed by atoms with Crippen molar-refractivity contribution in [1.82, 2.24) is 9.97 Å². The number of nitrogens with two attached hydrogens (primary N) is 1. The van der Waals surface area contributed by atoms with E-state index < -0.39 is 0 Å². The van der Waals surface area contributed by atoms with E-state index in [-0.39, 0.29) is 0 Å². The monoisotopic (exact) mass is 254 g/mol. The van der Waals surface area contributed by atoms with Crippen molar-refractivity contribution in [1.29, 1.82) is 0 Å². The lowest BCUT2D eigenvalue weighted by molar-refractivity contribution is 0.755. The first-order chi connectivity index (χ1) is 9.22. The molecule has 0 aliphatic heterocycles. The normalized spacial score (nSPS) is 14.4. The highest BCUT2D eigenvalue weighted by Gasteiger charge is 2.30. The summed E-state index contributed by atoms with van der Waals surface area (Å²) in [6, 6.07) is 10.5. The summed E-state index contributed by atoms with van der Waals surface area (Å²) in [4.78, 5) is 11.2. The average Bonchev–Trinajstić information content (AvgIpc) is 3.22. The summed E-state index contributed by atoms with van der Waals surface area (Å²) in [5, 5.41) is 0. The van der Waals surface area contributed by atoms with Crippen LogP contribution in [0.2, 0.25) is 0 Å². The van der Waals surface area contributed by atoms with E-state index in [9.17, 15) is 0 Å². The first kappa shape index (κ1) is 12.0. The van der Waals surface area contributed by atoms with Crippen LogP contribution in [0, 0.1) is 6.92 Å². The first-order valence-electron chi connectivity index (χ1n) is 6.63. The van der Waals surface area contributed by atoms with Gasteiger partial charge in [0.05, 0.1) is 0 Å². The van der Waals surface area contributed by atoms with Gasteiger partial charge in [-0.05, 0) is 43.5 Å². The zero-order chi connectivity index (χ0) is 13.2. The third-order valence-corrected chi connectivity index (χ3v) is 3.36. The second kappa shape index (κ2) is 4.88. The fraction of sp³-hybridized carbons (Fsp3) is 0.333. The molecule has 19 heavy (non-hydrogen) atoms. The van der Waals surface area contributed by atoms with Crippen molar-refractivity contribution in [3.05, 3.63) is 47.8 Å². The molecular weight excluding hydrogens is 236 g/mol. The zero-order valence-electron chi connectivity index (χ0n) is 11.1. The molecule has 1 aromatic heterocycles. The van der Waals surface area contributed by atoms with E-state index in [1.165, 1.54) is 18.4 Å². The van der Waals surface area contributed by atoms with E-state index in [4.69, 9.17) is 5.73 Å².